The molecule has 1 aromatic rings. The van der Waals surface area contributed by atoms with Crippen molar-refractivity contribution in [1.29, 1.82) is 0 Å². The van der Waals surface area contributed by atoms with E-state index in [2.05, 4.69) is 10.1 Å². The Hall–Kier alpha value is -1.54. The van der Waals surface area contributed by atoms with Gasteiger partial charge in [-0.2, -0.15) is 0 Å². The SMILES string of the molecule is COC(=O)c1ccc(CNC(CO)(CO)CO)cc1F. The number of rotatable bonds is 7. The van der Waals surface area contributed by atoms with Gasteiger partial charge in [-0.25, -0.2) is 9.18 Å². The van der Waals surface area contributed by atoms with E-state index in [-0.39, 0.29) is 12.1 Å². The molecule has 0 amide bonds. The van der Waals surface area contributed by atoms with Gasteiger partial charge in [0.1, 0.15) is 5.82 Å². The molecular weight excluding hydrogens is 269 g/mol. The molecular formula is C13H18FNO5. The summed E-state index contributed by atoms with van der Waals surface area (Å²) in [7, 11) is 1.16. The lowest BCUT2D eigenvalue weighted by Crippen LogP contribution is -2.54. The summed E-state index contributed by atoms with van der Waals surface area (Å²) < 4.78 is 18.1. The molecule has 0 saturated carbocycles. The van der Waals surface area contributed by atoms with Gasteiger partial charge in [0, 0.05) is 6.54 Å². The molecule has 0 aliphatic carbocycles. The first kappa shape index (κ1) is 16.5. The first-order valence-electron chi connectivity index (χ1n) is 5.96. The van der Waals surface area contributed by atoms with Crippen LogP contribution in [-0.2, 0) is 11.3 Å². The average Bonchev–Trinajstić information content (AvgIpc) is 2.48. The molecule has 0 aromatic heterocycles. The Morgan fingerprint density at radius 2 is 1.90 bits per heavy atom. The van der Waals surface area contributed by atoms with Crippen LogP contribution in [0.15, 0.2) is 18.2 Å². The van der Waals surface area contributed by atoms with Gasteiger partial charge in [0.15, 0.2) is 0 Å². The zero-order valence-electron chi connectivity index (χ0n) is 11.1. The van der Waals surface area contributed by atoms with Crippen LogP contribution in [0.5, 0.6) is 0 Å². The van der Waals surface area contributed by atoms with Crippen LogP contribution in [0, 0.1) is 5.82 Å². The Balaban J connectivity index is 2.80. The highest BCUT2D eigenvalue weighted by atomic mass is 19.1. The number of aliphatic hydroxyl groups is 3. The molecule has 0 spiro atoms. The number of carbonyl (C=O) groups is 1. The van der Waals surface area contributed by atoms with Gasteiger partial charge in [-0.15, -0.1) is 0 Å². The molecule has 0 fully saturated rings. The fourth-order valence-corrected chi connectivity index (χ4v) is 1.55. The minimum atomic E-state index is -1.24. The maximum atomic E-state index is 13.7. The second-order valence-corrected chi connectivity index (χ2v) is 4.41. The molecule has 0 atom stereocenters. The van der Waals surface area contributed by atoms with E-state index < -0.39 is 37.1 Å². The fraction of sp³-hybridized carbons (Fsp3) is 0.462. The number of nitrogens with one attached hydrogen (secondary N) is 1. The third-order valence-electron chi connectivity index (χ3n) is 3.01. The van der Waals surface area contributed by atoms with Crippen LogP contribution in [0.4, 0.5) is 4.39 Å². The van der Waals surface area contributed by atoms with Crippen molar-refractivity contribution in [3.05, 3.63) is 35.1 Å². The fourth-order valence-electron chi connectivity index (χ4n) is 1.55. The van der Waals surface area contributed by atoms with Crippen molar-refractivity contribution < 1.29 is 29.2 Å². The van der Waals surface area contributed by atoms with E-state index >= 15 is 0 Å². The zero-order valence-corrected chi connectivity index (χ0v) is 11.1. The van der Waals surface area contributed by atoms with Crippen molar-refractivity contribution in [2.24, 2.45) is 0 Å². The van der Waals surface area contributed by atoms with E-state index in [9.17, 15) is 9.18 Å². The number of esters is 1. The van der Waals surface area contributed by atoms with Gasteiger partial charge in [-0.1, -0.05) is 6.07 Å². The average molecular weight is 287 g/mol. The van der Waals surface area contributed by atoms with E-state index in [0.29, 0.717) is 5.56 Å². The third-order valence-corrected chi connectivity index (χ3v) is 3.01. The summed E-state index contributed by atoms with van der Waals surface area (Å²) in [5, 5.41) is 30.2. The standard InChI is InChI=1S/C13H18FNO5/c1-20-12(19)10-3-2-9(4-11(10)14)5-15-13(6-16,7-17)8-18/h2-4,15-18H,5-8H2,1H3. The van der Waals surface area contributed by atoms with Crippen molar-refractivity contribution >= 4 is 5.97 Å². The molecule has 1 aromatic carbocycles. The largest absolute Gasteiger partial charge is 0.465 e. The Labute approximate surface area is 115 Å². The van der Waals surface area contributed by atoms with Crippen molar-refractivity contribution in [3.63, 3.8) is 0 Å². The third kappa shape index (κ3) is 3.73. The quantitative estimate of drug-likeness (QED) is 0.501. The lowest BCUT2D eigenvalue weighted by atomic mass is 10.0. The Morgan fingerprint density at radius 1 is 1.30 bits per heavy atom. The molecule has 0 aliphatic heterocycles. The van der Waals surface area contributed by atoms with Crippen molar-refractivity contribution in [1.82, 2.24) is 5.32 Å². The van der Waals surface area contributed by atoms with Crippen LogP contribution in [0.25, 0.3) is 0 Å². The number of benzene rings is 1. The van der Waals surface area contributed by atoms with Crippen LogP contribution in [0.1, 0.15) is 15.9 Å². The highest BCUT2D eigenvalue weighted by molar-refractivity contribution is 5.89. The van der Waals surface area contributed by atoms with Crippen LogP contribution >= 0.6 is 0 Å². The summed E-state index contributed by atoms with van der Waals surface area (Å²) >= 11 is 0. The molecule has 0 saturated heterocycles. The second-order valence-electron chi connectivity index (χ2n) is 4.41. The predicted molar refractivity (Wildman–Crippen MR) is 68.6 cm³/mol. The summed E-state index contributed by atoms with van der Waals surface area (Å²) in [5.74, 6) is -1.49. The summed E-state index contributed by atoms with van der Waals surface area (Å²) in [5.41, 5.74) is -0.916. The predicted octanol–water partition coefficient (Wildman–Crippen LogP) is -0.582. The molecule has 0 bridgehead atoms. The highest BCUT2D eigenvalue weighted by Gasteiger charge is 2.27. The molecule has 0 aliphatic rings. The van der Waals surface area contributed by atoms with Gasteiger partial charge in [0.2, 0.25) is 0 Å². The summed E-state index contributed by atoms with van der Waals surface area (Å²) in [6.45, 7) is -1.30. The van der Waals surface area contributed by atoms with Crippen LogP contribution in [0.3, 0.4) is 0 Å². The first-order valence-corrected chi connectivity index (χ1v) is 5.96. The number of hydrogen-bond acceptors (Lipinski definition) is 6. The van der Waals surface area contributed by atoms with Gasteiger partial charge in [0.05, 0.1) is 38.0 Å². The van der Waals surface area contributed by atoms with Gasteiger partial charge >= 0.3 is 5.97 Å². The number of methoxy groups -OCH3 is 1. The van der Waals surface area contributed by atoms with Gasteiger partial charge < -0.3 is 25.4 Å². The van der Waals surface area contributed by atoms with E-state index in [0.717, 1.165) is 13.2 Å². The molecule has 0 unspecified atom stereocenters. The van der Waals surface area contributed by atoms with Gasteiger partial charge in [-0.05, 0) is 17.7 Å². The van der Waals surface area contributed by atoms with Crippen LogP contribution in [0.2, 0.25) is 0 Å². The highest BCUT2D eigenvalue weighted by Crippen LogP contribution is 2.13. The van der Waals surface area contributed by atoms with Gasteiger partial charge in [0.25, 0.3) is 0 Å². The molecule has 112 valence electrons. The summed E-state index contributed by atoms with van der Waals surface area (Å²) in [6.07, 6.45) is 0. The summed E-state index contributed by atoms with van der Waals surface area (Å²) in [4.78, 5) is 11.2. The van der Waals surface area contributed by atoms with E-state index in [1.807, 2.05) is 0 Å². The van der Waals surface area contributed by atoms with E-state index in [1.54, 1.807) is 0 Å². The minimum absolute atomic E-state index is 0.111. The molecule has 0 radical (unpaired) electrons. The second kappa shape index (κ2) is 7.30. The Bertz CT molecular complexity index is 454. The number of halogens is 1. The molecule has 6 nitrogen and oxygen atoms in total. The maximum absolute atomic E-state index is 13.7. The van der Waals surface area contributed by atoms with Crippen LogP contribution in [-0.4, -0.2) is 53.8 Å². The topological polar surface area (TPSA) is 99.0 Å². The first-order chi connectivity index (χ1) is 9.51. The molecule has 1 rings (SSSR count). The van der Waals surface area contributed by atoms with Crippen molar-refractivity contribution in [2.45, 2.75) is 12.1 Å². The van der Waals surface area contributed by atoms with Gasteiger partial charge in [-0.3, -0.25) is 0 Å². The Kier molecular flexibility index (Phi) is 6.03. The van der Waals surface area contributed by atoms with Crippen LogP contribution < -0.4 is 5.32 Å². The smallest absolute Gasteiger partial charge is 0.340 e. The summed E-state index contributed by atoms with van der Waals surface area (Å²) in [6, 6.07) is 3.95. The lowest BCUT2D eigenvalue weighted by Gasteiger charge is -2.28. The lowest BCUT2D eigenvalue weighted by molar-refractivity contribution is 0.0413. The van der Waals surface area contributed by atoms with Crippen molar-refractivity contribution in [2.75, 3.05) is 26.9 Å². The minimum Gasteiger partial charge on any atom is -0.465 e. The number of ether oxygens (including phenoxy) is 1. The Morgan fingerprint density at radius 3 is 2.35 bits per heavy atom. The molecule has 7 heteroatoms. The maximum Gasteiger partial charge on any atom is 0.340 e. The normalized spacial score (nSPS) is 11.4. The number of aliphatic hydroxyl groups excluding tert-OH is 3. The number of hydrogen-bond donors (Lipinski definition) is 4. The molecule has 0 heterocycles. The van der Waals surface area contributed by atoms with Crippen molar-refractivity contribution in [3.8, 4) is 0 Å². The monoisotopic (exact) mass is 287 g/mol. The van der Waals surface area contributed by atoms with E-state index in [4.69, 9.17) is 15.3 Å². The molecule has 20 heavy (non-hydrogen) atoms. The molecule has 4 N–H and O–H groups in total. The van der Waals surface area contributed by atoms with E-state index in [1.165, 1.54) is 12.1 Å². The zero-order chi connectivity index (χ0) is 15.2. The number of carbonyl (C=O) groups excluding carboxylic acids is 1.